The zero-order valence-electron chi connectivity index (χ0n) is 18.0. The topological polar surface area (TPSA) is 83.0 Å². The summed E-state index contributed by atoms with van der Waals surface area (Å²) in [5.41, 5.74) is 5.49. The van der Waals surface area contributed by atoms with Crippen LogP contribution in [0.2, 0.25) is 0 Å². The maximum absolute atomic E-state index is 12.5. The summed E-state index contributed by atoms with van der Waals surface area (Å²) in [5, 5.41) is 10.3. The van der Waals surface area contributed by atoms with Gasteiger partial charge in [0.05, 0.1) is 5.69 Å². The van der Waals surface area contributed by atoms with Gasteiger partial charge >= 0.3 is 5.69 Å². The summed E-state index contributed by atoms with van der Waals surface area (Å²) in [5.74, 6) is 1.64. The molecule has 1 saturated carbocycles. The van der Waals surface area contributed by atoms with E-state index in [0.29, 0.717) is 18.2 Å². The van der Waals surface area contributed by atoms with Gasteiger partial charge in [0.2, 0.25) is 5.91 Å². The van der Waals surface area contributed by atoms with Crippen molar-refractivity contribution in [3.05, 3.63) is 64.3 Å². The summed E-state index contributed by atoms with van der Waals surface area (Å²) in [6, 6.07) is 14.6. The molecule has 3 aromatic rings. The minimum absolute atomic E-state index is 0.222. The van der Waals surface area contributed by atoms with Crippen molar-refractivity contribution in [3.63, 3.8) is 0 Å². The van der Waals surface area contributed by atoms with Gasteiger partial charge in [0.25, 0.3) is 0 Å². The number of carbonyl (C=O) groups is 1. The van der Waals surface area contributed by atoms with Crippen molar-refractivity contribution in [2.45, 2.75) is 32.1 Å². The normalized spacial score (nSPS) is 19.8. The minimum Gasteiger partial charge on any atom is -0.384 e. The predicted molar refractivity (Wildman–Crippen MR) is 123 cm³/mol. The lowest BCUT2D eigenvalue weighted by Crippen LogP contribution is -2.30. The van der Waals surface area contributed by atoms with Crippen molar-refractivity contribution in [2.75, 3.05) is 25.0 Å². The molecule has 1 atom stereocenters. The second-order valence-corrected chi connectivity index (χ2v) is 9.29. The van der Waals surface area contributed by atoms with E-state index in [-0.39, 0.29) is 11.6 Å². The highest BCUT2D eigenvalue weighted by molar-refractivity contribution is 5.81. The lowest BCUT2D eigenvalue weighted by Gasteiger charge is -2.16. The second kappa shape index (κ2) is 7.65. The van der Waals surface area contributed by atoms with Crippen LogP contribution in [0.4, 0.5) is 5.69 Å². The van der Waals surface area contributed by atoms with Gasteiger partial charge in [-0.05, 0) is 72.6 Å². The number of carbonyl (C=O) groups excluding carboxylic acids is 1. The number of benzene rings is 2. The third-order valence-electron chi connectivity index (χ3n) is 7.01. The Balaban J connectivity index is 1.20. The molecular formula is C25H27N5O2. The van der Waals surface area contributed by atoms with E-state index in [9.17, 15) is 9.59 Å². The van der Waals surface area contributed by atoms with E-state index in [4.69, 9.17) is 0 Å². The molecule has 1 saturated heterocycles. The monoisotopic (exact) mass is 429 g/mol. The number of nitrogens with one attached hydrogen (secondary N) is 2. The quantitative estimate of drug-likeness (QED) is 0.653. The number of anilines is 1. The van der Waals surface area contributed by atoms with Gasteiger partial charge in [0.15, 0.2) is 0 Å². The Morgan fingerprint density at radius 2 is 1.88 bits per heavy atom. The molecule has 0 unspecified atom stereocenters. The van der Waals surface area contributed by atoms with Crippen LogP contribution >= 0.6 is 0 Å². The zero-order valence-corrected chi connectivity index (χ0v) is 18.0. The predicted octanol–water partition coefficient (Wildman–Crippen LogP) is 3.00. The van der Waals surface area contributed by atoms with Crippen LogP contribution in [0.3, 0.4) is 0 Å². The number of H-pyrrole nitrogens is 1. The van der Waals surface area contributed by atoms with E-state index in [1.165, 1.54) is 16.8 Å². The van der Waals surface area contributed by atoms with Crippen molar-refractivity contribution < 1.29 is 4.79 Å². The molecular weight excluding hydrogens is 402 g/mol. The van der Waals surface area contributed by atoms with E-state index < -0.39 is 0 Å². The van der Waals surface area contributed by atoms with Gasteiger partial charge in [0, 0.05) is 37.7 Å². The Labute approximate surface area is 186 Å². The van der Waals surface area contributed by atoms with Crippen LogP contribution in [0.25, 0.3) is 16.8 Å². The molecule has 2 fully saturated rings. The number of nitrogens with zero attached hydrogens (tertiary/aromatic N) is 3. The molecule has 2 aromatic carbocycles. The molecule has 1 amide bonds. The van der Waals surface area contributed by atoms with Crippen LogP contribution in [0.5, 0.6) is 0 Å². The number of hydrogen-bond acceptors (Lipinski definition) is 4. The zero-order chi connectivity index (χ0) is 21.7. The van der Waals surface area contributed by atoms with Crippen molar-refractivity contribution in [1.82, 2.24) is 19.7 Å². The number of amides is 1. The van der Waals surface area contributed by atoms with E-state index in [1.54, 1.807) is 4.57 Å². The first-order valence-corrected chi connectivity index (χ1v) is 11.6. The van der Waals surface area contributed by atoms with E-state index >= 15 is 0 Å². The molecule has 0 radical (unpaired) electrons. The van der Waals surface area contributed by atoms with Crippen molar-refractivity contribution in [2.24, 2.45) is 11.8 Å². The lowest BCUT2D eigenvalue weighted by atomic mass is 10.0. The van der Waals surface area contributed by atoms with Gasteiger partial charge in [-0.3, -0.25) is 4.79 Å². The first-order chi connectivity index (χ1) is 15.7. The summed E-state index contributed by atoms with van der Waals surface area (Å²) in [6.07, 6.45) is 4.78. The third-order valence-corrected chi connectivity index (χ3v) is 7.01. The van der Waals surface area contributed by atoms with Crippen LogP contribution < -0.4 is 11.0 Å². The molecule has 7 heteroatoms. The largest absolute Gasteiger partial charge is 0.384 e. The SMILES string of the molecule is O=C(C1CC1)N1CC[C@@H](Cc2n[nH]c(=O)n2-c2ccc(-c3ccc4c(c3)CCN4)cc2)C1. The molecule has 2 N–H and O–H groups in total. The van der Waals surface area contributed by atoms with Gasteiger partial charge in [-0.2, -0.15) is 5.10 Å². The van der Waals surface area contributed by atoms with Gasteiger partial charge in [-0.15, -0.1) is 0 Å². The van der Waals surface area contributed by atoms with Crippen molar-refractivity contribution >= 4 is 11.6 Å². The number of likely N-dealkylation sites (tertiary alicyclic amines) is 1. The number of aromatic nitrogens is 3. The van der Waals surface area contributed by atoms with Crippen molar-refractivity contribution in [1.29, 1.82) is 0 Å². The first-order valence-electron chi connectivity index (χ1n) is 11.6. The molecule has 164 valence electrons. The first kappa shape index (κ1) is 19.3. The number of rotatable bonds is 5. The Morgan fingerprint density at radius 3 is 2.69 bits per heavy atom. The Kier molecular flexibility index (Phi) is 4.63. The highest BCUT2D eigenvalue weighted by Gasteiger charge is 2.36. The fourth-order valence-corrected chi connectivity index (χ4v) is 5.07. The highest BCUT2D eigenvalue weighted by Crippen LogP contribution is 2.33. The van der Waals surface area contributed by atoms with Gasteiger partial charge in [-0.1, -0.05) is 18.2 Å². The molecule has 1 aromatic heterocycles. The maximum Gasteiger partial charge on any atom is 0.347 e. The average Bonchev–Trinajstić information content (AvgIpc) is 3.20. The summed E-state index contributed by atoms with van der Waals surface area (Å²) in [7, 11) is 0. The van der Waals surface area contributed by atoms with Crippen LogP contribution in [-0.4, -0.2) is 45.2 Å². The third kappa shape index (κ3) is 3.51. The fourth-order valence-electron chi connectivity index (χ4n) is 5.07. The minimum atomic E-state index is -0.222. The number of hydrogen-bond donors (Lipinski definition) is 2. The smallest absolute Gasteiger partial charge is 0.347 e. The van der Waals surface area contributed by atoms with E-state index in [2.05, 4.69) is 45.8 Å². The molecule has 0 spiro atoms. The van der Waals surface area contributed by atoms with E-state index in [0.717, 1.165) is 62.4 Å². The summed E-state index contributed by atoms with van der Waals surface area (Å²) in [4.78, 5) is 26.9. The van der Waals surface area contributed by atoms with Crippen LogP contribution in [0.1, 0.15) is 30.7 Å². The Morgan fingerprint density at radius 1 is 1.06 bits per heavy atom. The molecule has 1 aliphatic carbocycles. The van der Waals surface area contributed by atoms with Crippen LogP contribution in [-0.2, 0) is 17.6 Å². The fraction of sp³-hybridized carbons (Fsp3) is 0.400. The highest BCUT2D eigenvalue weighted by atomic mass is 16.2. The standard InChI is InChI=1S/C25H27N5O2/c31-24(18-1-2-18)29-12-10-16(15-29)13-23-27-28-25(32)30(23)21-6-3-17(4-7-21)19-5-8-22-20(14-19)9-11-26-22/h3-8,14,16,18,26H,1-2,9-13,15H2,(H,28,32)/t16-/m0/s1. The number of fused-ring (bicyclic) bond motifs is 1. The van der Waals surface area contributed by atoms with Crippen LogP contribution in [0, 0.1) is 11.8 Å². The molecule has 7 nitrogen and oxygen atoms in total. The molecule has 2 aliphatic heterocycles. The van der Waals surface area contributed by atoms with Crippen molar-refractivity contribution in [3.8, 4) is 16.8 Å². The summed E-state index contributed by atoms with van der Waals surface area (Å²) < 4.78 is 1.67. The van der Waals surface area contributed by atoms with E-state index in [1.807, 2.05) is 17.0 Å². The summed E-state index contributed by atoms with van der Waals surface area (Å²) in [6.45, 7) is 2.58. The molecule has 0 bridgehead atoms. The average molecular weight is 430 g/mol. The Bertz CT molecular complexity index is 1220. The maximum atomic E-state index is 12.5. The molecule has 6 rings (SSSR count). The number of aromatic amines is 1. The van der Waals surface area contributed by atoms with Crippen LogP contribution in [0.15, 0.2) is 47.3 Å². The molecule has 3 heterocycles. The van der Waals surface area contributed by atoms with Gasteiger partial charge < -0.3 is 10.2 Å². The lowest BCUT2D eigenvalue weighted by molar-refractivity contribution is -0.131. The molecule has 3 aliphatic rings. The Hall–Kier alpha value is -3.35. The van der Waals surface area contributed by atoms with Gasteiger partial charge in [0.1, 0.15) is 5.82 Å². The molecule has 32 heavy (non-hydrogen) atoms. The second-order valence-electron chi connectivity index (χ2n) is 9.29. The van der Waals surface area contributed by atoms with Gasteiger partial charge in [-0.25, -0.2) is 14.5 Å². The summed E-state index contributed by atoms with van der Waals surface area (Å²) >= 11 is 0.